The SMILES string of the molecule is N#C[C@H](NS(=O)(=O)c1ccccn1)c1ccccc1. The minimum atomic E-state index is -3.80. The van der Waals surface area contributed by atoms with E-state index in [0.717, 1.165) is 0 Å². The number of rotatable bonds is 4. The second-order valence-electron chi connectivity index (χ2n) is 3.76. The van der Waals surface area contributed by atoms with Gasteiger partial charge in [-0.25, -0.2) is 13.4 Å². The Kier molecular flexibility index (Phi) is 3.90. The van der Waals surface area contributed by atoms with Gasteiger partial charge in [-0.2, -0.15) is 9.98 Å². The summed E-state index contributed by atoms with van der Waals surface area (Å²) in [6, 6.07) is 14.2. The largest absolute Gasteiger partial charge is 0.259 e. The molecule has 0 spiro atoms. The summed E-state index contributed by atoms with van der Waals surface area (Å²) < 4.78 is 26.4. The number of nitrogens with zero attached hydrogens (tertiary/aromatic N) is 2. The average molecular weight is 273 g/mol. The number of nitriles is 1. The van der Waals surface area contributed by atoms with Crippen LogP contribution in [0.5, 0.6) is 0 Å². The van der Waals surface area contributed by atoms with Crippen LogP contribution in [-0.4, -0.2) is 13.4 Å². The highest BCUT2D eigenvalue weighted by Gasteiger charge is 2.21. The quantitative estimate of drug-likeness (QED) is 0.917. The molecule has 2 rings (SSSR count). The van der Waals surface area contributed by atoms with Crippen LogP contribution >= 0.6 is 0 Å². The highest BCUT2D eigenvalue weighted by molar-refractivity contribution is 7.89. The molecule has 2 aromatic rings. The van der Waals surface area contributed by atoms with E-state index in [0.29, 0.717) is 5.56 Å². The fraction of sp³-hybridized carbons (Fsp3) is 0.0769. The molecule has 0 radical (unpaired) electrons. The predicted molar refractivity (Wildman–Crippen MR) is 69.4 cm³/mol. The van der Waals surface area contributed by atoms with Crippen LogP contribution in [0.1, 0.15) is 11.6 Å². The Hall–Kier alpha value is -2.23. The van der Waals surface area contributed by atoms with Gasteiger partial charge < -0.3 is 0 Å². The van der Waals surface area contributed by atoms with Gasteiger partial charge in [-0.3, -0.25) is 0 Å². The summed E-state index contributed by atoms with van der Waals surface area (Å²) in [6.45, 7) is 0. The second kappa shape index (κ2) is 5.61. The predicted octanol–water partition coefficient (Wildman–Crippen LogP) is 1.62. The molecule has 96 valence electrons. The van der Waals surface area contributed by atoms with Crippen LogP contribution in [0.3, 0.4) is 0 Å². The van der Waals surface area contributed by atoms with Gasteiger partial charge in [-0.15, -0.1) is 0 Å². The lowest BCUT2D eigenvalue weighted by molar-refractivity contribution is 0.571. The molecular formula is C13H11N3O2S. The van der Waals surface area contributed by atoms with Crippen molar-refractivity contribution in [2.45, 2.75) is 11.1 Å². The first-order valence-electron chi connectivity index (χ1n) is 5.51. The van der Waals surface area contributed by atoms with E-state index in [2.05, 4.69) is 9.71 Å². The number of hydrogen-bond donors (Lipinski definition) is 1. The lowest BCUT2D eigenvalue weighted by atomic mass is 10.1. The van der Waals surface area contributed by atoms with Crippen molar-refractivity contribution in [3.05, 3.63) is 60.3 Å². The summed E-state index contributed by atoms with van der Waals surface area (Å²) in [6.07, 6.45) is 1.39. The maximum absolute atomic E-state index is 12.1. The van der Waals surface area contributed by atoms with E-state index in [4.69, 9.17) is 5.26 Å². The maximum atomic E-state index is 12.1. The zero-order valence-corrected chi connectivity index (χ0v) is 10.7. The van der Waals surface area contributed by atoms with Gasteiger partial charge in [0.05, 0.1) is 6.07 Å². The van der Waals surface area contributed by atoms with E-state index in [1.807, 2.05) is 6.07 Å². The molecule has 0 unspecified atom stereocenters. The average Bonchev–Trinajstić information content (AvgIpc) is 2.47. The van der Waals surface area contributed by atoms with E-state index in [1.165, 1.54) is 12.3 Å². The molecule has 0 fully saturated rings. The van der Waals surface area contributed by atoms with Gasteiger partial charge in [0.2, 0.25) is 0 Å². The molecule has 19 heavy (non-hydrogen) atoms. The molecule has 0 aliphatic carbocycles. The minimum absolute atomic E-state index is 0.105. The van der Waals surface area contributed by atoms with Crippen LogP contribution in [0, 0.1) is 11.3 Å². The van der Waals surface area contributed by atoms with Gasteiger partial charge in [-0.1, -0.05) is 36.4 Å². The fourth-order valence-electron chi connectivity index (χ4n) is 1.54. The number of aromatic nitrogens is 1. The van der Waals surface area contributed by atoms with Crippen LogP contribution in [0.15, 0.2) is 59.8 Å². The highest BCUT2D eigenvalue weighted by atomic mass is 32.2. The smallest absolute Gasteiger partial charge is 0.243 e. The monoisotopic (exact) mass is 273 g/mol. The molecule has 0 amide bonds. The van der Waals surface area contributed by atoms with Crippen molar-refractivity contribution in [2.75, 3.05) is 0 Å². The molecule has 0 aliphatic heterocycles. The van der Waals surface area contributed by atoms with Gasteiger partial charge in [0.1, 0.15) is 6.04 Å². The van der Waals surface area contributed by atoms with Crippen molar-refractivity contribution < 1.29 is 8.42 Å². The molecule has 0 aliphatic rings. The van der Waals surface area contributed by atoms with E-state index >= 15 is 0 Å². The summed E-state index contributed by atoms with van der Waals surface area (Å²) in [5.41, 5.74) is 0.588. The van der Waals surface area contributed by atoms with Crippen LogP contribution < -0.4 is 4.72 Å². The first kappa shape index (κ1) is 13.2. The third kappa shape index (κ3) is 3.16. The fourth-order valence-corrected chi connectivity index (χ4v) is 2.61. The number of benzene rings is 1. The molecule has 1 atom stereocenters. The Bertz CT molecular complexity index is 679. The van der Waals surface area contributed by atoms with Gasteiger partial charge in [0.15, 0.2) is 5.03 Å². The van der Waals surface area contributed by atoms with Crippen molar-refractivity contribution in [1.29, 1.82) is 5.26 Å². The topological polar surface area (TPSA) is 82.9 Å². The number of nitrogens with one attached hydrogen (secondary N) is 1. The standard InChI is InChI=1S/C13H11N3O2S/c14-10-12(11-6-2-1-3-7-11)16-19(17,18)13-8-4-5-9-15-13/h1-9,12,16H/t12-/m0/s1. The van der Waals surface area contributed by atoms with Crippen molar-refractivity contribution in [3.8, 4) is 6.07 Å². The van der Waals surface area contributed by atoms with Gasteiger partial charge in [0, 0.05) is 6.20 Å². The maximum Gasteiger partial charge on any atom is 0.259 e. The number of pyridine rings is 1. The Balaban J connectivity index is 2.28. The van der Waals surface area contributed by atoms with Crippen LogP contribution in [0.2, 0.25) is 0 Å². The molecule has 1 aromatic carbocycles. The molecule has 6 heteroatoms. The summed E-state index contributed by atoms with van der Waals surface area (Å²) in [7, 11) is -3.80. The lowest BCUT2D eigenvalue weighted by Crippen LogP contribution is -2.28. The van der Waals surface area contributed by atoms with Crippen molar-refractivity contribution in [2.24, 2.45) is 0 Å². The first-order valence-corrected chi connectivity index (χ1v) is 7.00. The molecule has 0 saturated carbocycles. The normalized spacial score (nSPS) is 12.6. The van der Waals surface area contributed by atoms with Gasteiger partial charge in [-0.05, 0) is 17.7 Å². The molecule has 1 N–H and O–H groups in total. The van der Waals surface area contributed by atoms with E-state index in [-0.39, 0.29) is 5.03 Å². The van der Waals surface area contributed by atoms with Crippen LogP contribution in [0.4, 0.5) is 0 Å². The minimum Gasteiger partial charge on any atom is -0.243 e. The Labute approximate surface area is 111 Å². The second-order valence-corrected chi connectivity index (χ2v) is 5.42. The number of hydrogen-bond acceptors (Lipinski definition) is 4. The highest BCUT2D eigenvalue weighted by Crippen LogP contribution is 2.15. The van der Waals surface area contributed by atoms with Gasteiger partial charge >= 0.3 is 0 Å². The van der Waals surface area contributed by atoms with Gasteiger partial charge in [0.25, 0.3) is 10.0 Å². The van der Waals surface area contributed by atoms with E-state index < -0.39 is 16.1 Å². The molecular weight excluding hydrogens is 262 g/mol. The lowest BCUT2D eigenvalue weighted by Gasteiger charge is -2.11. The Morgan fingerprint density at radius 3 is 2.37 bits per heavy atom. The number of sulfonamides is 1. The van der Waals surface area contributed by atoms with Crippen molar-refractivity contribution >= 4 is 10.0 Å². The summed E-state index contributed by atoms with van der Waals surface area (Å²) in [5, 5.41) is 8.99. The summed E-state index contributed by atoms with van der Waals surface area (Å²) >= 11 is 0. The molecule has 0 bridgehead atoms. The van der Waals surface area contributed by atoms with E-state index in [9.17, 15) is 8.42 Å². The third-order valence-corrected chi connectivity index (χ3v) is 3.79. The van der Waals surface area contributed by atoms with E-state index in [1.54, 1.807) is 42.5 Å². The first-order chi connectivity index (χ1) is 9.13. The van der Waals surface area contributed by atoms with Crippen molar-refractivity contribution in [1.82, 2.24) is 9.71 Å². The molecule has 5 nitrogen and oxygen atoms in total. The summed E-state index contributed by atoms with van der Waals surface area (Å²) in [5.74, 6) is 0. The molecule has 0 saturated heterocycles. The Morgan fingerprint density at radius 2 is 1.79 bits per heavy atom. The zero-order valence-electron chi connectivity index (χ0n) is 9.89. The molecule has 1 heterocycles. The Morgan fingerprint density at radius 1 is 1.11 bits per heavy atom. The molecule has 1 aromatic heterocycles. The van der Waals surface area contributed by atoms with Crippen LogP contribution in [0.25, 0.3) is 0 Å². The van der Waals surface area contributed by atoms with Crippen molar-refractivity contribution in [3.63, 3.8) is 0 Å². The van der Waals surface area contributed by atoms with Crippen LogP contribution in [-0.2, 0) is 10.0 Å². The zero-order chi connectivity index (χ0) is 13.7. The summed E-state index contributed by atoms with van der Waals surface area (Å²) in [4.78, 5) is 3.77. The third-order valence-electron chi connectivity index (χ3n) is 2.45.